The van der Waals surface area contributed by atoms with E-state index in [2.05, 4.69) is 31.3 Å². The summed E-state index contributed by atoms with van der Waals surface area (Å²) in [6.07, 6.45) is 1.72. The molecule has 1 amide bonds. The first-order valence-electron chi connectivity index (χ1n) is 8.28. The Hall–Kier alpha value is -2.21. The lowest BCUT2D eigenvalue weighted by atomic mass is 10.1. The number of carbonyl (C=O) groups is 1. The third kappa shape index (κ3) is 3.44. The maximum Gasteiger partial charge on any atom is 0.252 e. The minimum absolute atomic E-state index is 0.119. The molecule has 1 aromatic carbocycles. The van der Waals surface area contributed by atoms with E-state index >= 15 is 0 Å². The molecule has 3 rings (SSSR count). The number of nitrogens with one attached hydrogen (secondary N) is 1. The largest absolute Gasteiger partial charge is 0.345 e. The molecule has 3 aromatic rings. The molecule has 25 heavy (non-hydrogen) atoms. The average molecular weight is 401 g/mol. The lowest BCUT2D eigenvalue weighted by Crippen LogP contribution is -2.27. The van der Waals surface area contributed by atoms with Crippen molar-refractivity contribution in [3.05, 3.63) is 57.8 Å². The summed E-state index contributed by atoms with van der Waals surface area (Å²) in [5, 5.41) is 8.25. The maximum absolute atomic E-state index is 12.9. The molecule has 0 unspecified atom stereocenters. The van der Waals surface area contributed by atoms with Crippen LogP contribution in [0.5, 0.6) is 0 Å². The smallest absolute Gasteiger partial charge is 0.252 e. The second-order valence-electron chi connectivity index (χ2n) is 6.45. The van der Waals surface area contributed by atoms with Gasteiger partial charge >= 0.3 is 0 Å². The summed E-state index contributed by atoms with van der Waals surface area (Å²) >= 11 is 3.54. The van der Waals surface area contributed by atoms with Gasteiger partial charge in [0, 0.05) is 16.2 Å². The summed E-state index contributed by atoms with van der Waals surface area (Å²) in [6.45, 7) is 7.96. The number of fused-ring (bicyclic) bond motifs is 1. The van der Waals surface area contributed by atoms with Gasteiger partial charge in [-0.2, -0.15) is 5.10 Å². The van der Waals surface area contributed by atoms with Crippen LogP contribution in [-0.2, 0) is 0 Å². The van der Waals surface area contributed by atoms with Gasteiger partial charge in [0.15, 0.2) is 5.65 Å². The summed E-state index contributed by atoms with van der Waals surface area (Å²) < 4.78 is 2.82. The minimum atomic E-state index is -0.123. The highest BCUT2D eigenvalue weighted by molar-refractivity contribution is 9.10. The molecule has 130 valence electrons. The number of aryl methyl sites for hydroxylation is 1. The van der Waals surface area contributed by atoms with Gasteiger partial charge in [0.2, 0.25) is 0 Å². The van der Waals surface area contributed by atoms with E-state index in [0.29, 0.717) is 5.56 Å². The Kier molecular flexibility index (Phi) is 4.90. The van der Waals surface area contributed by atoms with Gasteiger partial charge in [-0.25, -0.2) is 9.67 Å². The number of nitrogens with zero attached hydrogens (tertiary/aromatic N) is 3. The van der Waals surface area contributed by atoms with Gasteiger partial charge in [0.25, 0.3) is 5.91 Å². The Bertz CT molecular complexity index is 932. The summed E-state index contributed by atoms with van der Waals surface area (Å²) in [4.78, 5) is 17.5. The highest BCUT2D eigenvalue weighted by Gasteiger charge is 2.19. The zero-order chi connectivity index (χ0) is 18.1. The Morgan fingerprint density at radius 2 is 1.96 bits per heavy atom. The molecule has 6 heteroatoms. The Balaban J connectivity index is 1.96. The van der Waals surface area contributed by atoms with E-state index in [0.717, 1.165) is 26.8 Å². The number of aromatic nitrogens is 3. The quantitative estimate of drug-likeness (QED) is 0.697. The first-order valence-corrected chi connectivity index (χ1v) is 9.08. The van der Waals surface area contributed by atoms with E-state index in [1.54, 1.807) is 6.20 Å². The lowest BCUT2D eigenvalue weighted by molar-refractivity contribution is 0.0941. The SMILES string of the molecule is Cc1cc(C(=O)N[C@@H](C)c2ccccc2Br)c2cnn(C(C)C)c2n1. The van der Waals surface area contributed by atoms with Crippen LogP contribution in [0.4, 0.5) is 0 Å². The molecule has 0 aliphatic heterocycles. The Morgan fingerprint density at radius 1 is 1.24 bits per heavy atom. The number of carbonyl (C=O) groups excluding carboxylic acids is 1. The topological polar surface area (TPSA) is 59.8 Å². The van der Waals surface area contributed by atoms with Gasteiger partial charge in [-0.3, -0.25) is 4.79 Å². The van der Waals surface area contributed by atoms with Crippen LogP contribution in [0.2, 0.25) is 0 Å². The van der Waals surface area contributed by atoms with Gasteiger partial charge < -0.3 is 5.32 Å². The number of halogens is 1. The first-order chi connectivity index (χ1) is 11.9. The summed E-state index contributed by atoms with van der Waals surface area (Å²) in [5.74, 6) is -0.123. The van der Waals surface area contributed by atoms with Crippen molar-refractivity contribution in [3.8, 4) is 0 Å². The van der Waals surface area contributed by atoms with Crippen molar-refractivity contribution in [2.45, 2.75) is 39.8 Å². The van der Waals surface area contributed by atoms with Crippen LogP contribution >= 0.6 is 15.9 Å². The van der Waals surface area contributed by atoms with Gasteiger partial charge in [0.05, 0.1) is 23.2 Å². The molecular formula is C19H21BrN4O. The molecule has 0 saturated carbocycles. The molecule has 5 nitrogen and oxygen atoms in total. The van der Waals surface area contributed by atoms with Crippen LogP contribution in [0.15, 0.2) is 41.0 Å². The zero-order valence-electron chi connectivity index (χ0n) is 14.7. The average Bonchev–Trinajstić information content (AvgIpc) is 2.98. The molecular weight excluding hydrogens is 380 g/mol. The van der Waals surface area contributed by atoms with Crippen molar-refractivity contribution in [1.82, 2.24) is 20.1 Å². The molecule has 0 aliphatic rings. The van der Waals surface area contributed by atoms with Gasteiger partial charge in [-0.1, -0.05) is 34.1 Å². The van der Waals surface area contributed by atoms with Crippen LogP contribution in [-0.4, -0.2) is 20.7 Å². The van der Waals surface area contributed by atoms with E-state index in [1.807, 2.05) is 62.7 Å². The highest BCUT2D eigenvalue weighted by Crippen LogP contribution is 2.25. The van der Waals surface area contributed by atoms with E-state index in [9.17, 15) is 4.79 Å². The summed E-state index contributed by atoms with van der Waals surface area (Å²) in [6, 6.07) is 9.77. The van der Waals surface area contributed by atoms with Gasteiger partial charge in [0.1, 0.15) is 0 Å². The molecule has 0 aliphatic carbocycles. The van der Waals surface area contributed by atoms with E-state index in [4.69, 9.17) is 0 Å². The molecule has 2 aromatic heterocycles. The van der Waals surface area contributed by atoms with Gasteiger partial charge in [-0.15, -0.1) is 0 Å². The van der Waals surface area contributed by atoms with Crippen LogP contribution in [0.1, 0.15) is 54.5 Å². The molecule has 0 fully saturated rings. The lowest BCUT2D eigenvalue weighted by Gasteiger charge is -2.16. The third-order valence-corrected chi connectivity index (χ3v) is 4.87. The number of benzene rings is 1. The second-order valence-corrected chi connectivity index (χ2v) is 7.30. The number of amides is 1. The predicted octanol–water partition coefficient (Wildman–Crippen LogP) is 4.57. The van der Waals surface area contributed by atoms with Crippen LogP contribution in [0.25, 0.3) is 11.0 Å². The Labute approximate surface area is 155 Å². The predicted molar refractivity (Wildman–Crippen MR) is 103 cm³/mol. The van der Waals surface area contributed by atoms with Crippen molar-refractivity contribution >= 4 is 32.9 Å². The molecule has 1 atom stereocenters. The number of pyridine rings is 1. The molecule has 0 spiro atoms. The fourth-order valence-corrected chi connectivity index (χ4v) is 3.52. The molecule has 2 heterocycles. The van der Waals surface area contributed by atoms with Crippen molar-refractivity contribution in [3.63, 3.8) is 0 Å². The zero-order valence-corrected chi connectivity index (χ0v) is 16.3. The van der Waals surface area contributed by atoms with Crippen LogP contribution in [0, 0.1) is 6.92 Å². The van der Waals surface area contributed by atoms with Crippen molar-refractivity contribution in [1.29, 1.82) is 0 Å². The van der Waals surface area contributed by atoms with Gasteiger partial charge in [-0.05, 0) is 45.4 Å². The van der Waals surface area contributed by atoms with Crippen molar-refractivity contribution in [2.75, 3.05) is 0 Å². The number of rotatable bonds is 4. The number of hydrogen-bond donors (Lipinski definition) is 1. The minimum Gasteiger partial charge on any atom is -0.345 e. The van der Waals surface area contributed by atoms with Crippen LogP contribution in [0.3, 0.4) is 0 Å². The molecule has 0 saturated heterocycles. The second kappa shape index (κ2) is 6.96. The monoisotopic (exact) mass is 400 g/mol. The van der Waals surface area contributed by atoms with Crippen molar-refractivity contribution in [2.24, 2.45) is 0 Å². The first kappa shape index (κ1) is 17.6. The molecule has 1 N–H and O–H groups in total. The van der Waals surface area contributed by atoms with E-state index < -0.39 is 0 Å². The van der Waals surface area contributed by atoms with E-state index in [-0.39, 0.29) is 18.0 Å². The Morgan fingerprint density at radius 3 is 2.64 bits per heavy atom. The molecule has 0 radical (unpaired) electrons. The fourth-order valence-electron chi connectivity index (χ4n) is 2.89. The summed E-state index contributed by atoms with van der Waals surface area (Å²) in [7, 11) is 0. The standard InChI is InChI=1S/C19H21BrN4O/c1-11(2)24-18-16(10-21-24)15(9-12(3)22-18)19(25)23-13(4)14-7-5-6-8-17(14)20/h5-11,13H,1-4H3,(H,23,25)/t13-/m0/s1. The normalized spacial score (nSPS) is 12.6. The number of hydrogen-bond acceptors (Lipinski definition) is 3. The highest BCUT2D eigenvalue weighted by atomic mass is 79.9. The fraction of sp³-hybridized carbons (Fsp3) is 0.316. The maximum atomic E-state index is 12.9. The van der Waals surface area contributed by atoms with Crippen LogP contribution < -0.4 is 5.32 Å². The molecule has 0 bridgehead atoms. The summed E-state index contributed by atoms with van der Waals surface area (Å²) in [5.41, 5.74) is 3.19. The third-order valence-electron chi connectivity index (χ3n) is 4.15. The van der Waals surface area contributed by atoms with Crippen molar-refractivity contribution < 1.29 is 4.79 Å². The van der Waals surface area contributed by atoms with E-state index in [1.165, 1.54) is 0 Å².